The Labute approximate surface area is 130 Å². The Morgan fingerprint density at radius 3 is 2.76 bits per heavy atom. The summed E-state index contributed by atoms with van der Waals surface area (Å²) in [5, 5.41) is 3.57. The molecule has 0 heterocycles. The van der Waals surface area contributed by atoms with E-state index in [2.05, 4.69) is 57.8 Å². The van der Waals surface area contributed by atoms with Crippen LogP contribution >= 0.6 is 0 Å². The van der Waals surface area contributed by atoms with Crippen LogP contribution in [0.5, 0.6) is 0 Å². The SMILES string of the molecule is C=C(Nc1ccc(C)c(CC(C)CC)c1)C1CCC(C)C1. The molecule has 1 fully saturated rings. The largest absolute Gasteiger partial charge is 0.359 e. The molecule has 0 aromatic heterocycles. The summed E-state index contributed by atoms with van der Waals surface area (Å²) in [4.78, 5) is 0. The molecule has 0 amide bonds. The first-order valence-electron chi connectivity index (χ1n) is 8.55. The Morgan fingerprint density at radius 1 is 1.38 bits per heavy atom. The van der Waals surface area contributed by atoms with Gasteiger partial charge in [-0.05, 0) is 67.2 Å². The molecule has 21 heavy (non-hydrogen) atoms. The van der Waals surface area contributed by atoms with Gasteiger partial charge in [0.25, 0.3) is 0 Å². The summed E-state index contributed by atoms with van der Waals surface area (Å²) in [5.41, 5.74) is 5.30. The zero-order chi connectivity index (χ0) is 15.4. The molecule has 1 saturated carbocycles. The number of hydrogen-bond donors (Lipinski definition) is 1. The second-order valence-corrected chi connectivity index (χ2v) is 7.12. The molecule has 1 N–H and O–H groups in total. The zero-order valence-electron chi connectivity index (χ0n) is 14.2. The number of hydrogen-bond acceptors (Lipinski definition) is 1. The van der Waals surface area contributed by atoms with Crippen LogP contribution < -0.4 is 5.32 Å². The summed E-state index contributed by atoms with van der Waals surface area (Å²) < 4.78 is 0. The first-order chi connectivity index (χ1) is 9.99. The highest BCUT2D eigenvalue weighted by molar-refractivity contribution is 5.52. The minimum Gasteiger partial charge on any atom is -0.359 e. The number of allylic oxidation sites excluding steroid dienone is 1. The molecule has 1 aromatic carbocycles. The van der Waals surface area contributed by atoms with Crippen molar-refractivity contribution in [1.29, 1.82) is 0 Å². The zero-order valence-corrected chi connectivity index (χ0v) is 14.2. The van der Waals surface area contributed by atoms with E-state index < -0.39 is 0 Å². The third-order valence-electron chi connectivity index (χ3n) is 5.11. The lowest BCUT2D eigenvalue weighted by Crippen LogP contribution is -2.09. The van der Waals surface area contributed by atoms with Crippen molar-refractivity contribution >= 4 is 5.69 Å². The highest BCUT2D eigenvalue weighted by Crippen LogP contribution is 2.35. The maximum atomic E-state index is 4.28. The fraction of sp³-hybridized carbons (Fsp3) is 0.600. The van der Waals surface area contributed by atoms with E-state index in [0.717, 1.165) is 11.8 Å². The third kappa shape index (κ3) is 4.36. The van der Waals surface area contributed by atoms with Crippen LogP contribution in [0.25, 0.3) is 0 Å². The van der Waals surface area contributed by atoms with Crippen molar-refractivity contribution < 1.29 is 0 Å². The second kappa shape index (κ2) is 7.15. The minimum atomic E-state index is 0.652. The van der Waals surface area contributed by atoms with Crippen LogP contribution in [0.1, 0.15) is 57.6 Å². The quantitative estimate of drug-likeness (QED) is 0.681. The molecule has 1 aromatic rings. The topological polar surface area (TPSA) is 12.0 Å². The van der Waals surface area contributed by atoms with Gasteiger partial charge in [-0.25, -0.2) is 0 Å². The van der Waals surface area contributed by atoms with Gasteiger partial charge in [0.1, 0.15) is 0 Å². The van der Waals surface area contributed by atoms with Gasteiger partial charge in [0.2, 0.25) is 0 Å². The molecular formula is C20H31N. The molecule has 0 radical (unpaired) electrons. The minimum absolute atomic E-state index is 0.652. The fourth-order valence-electron chi connectivity index (χ4n) is 3.30. The number of anilines is 1. The molecule has 2 rings (SSSR count). The Kier molecular flexibility index (Phi) is 5.50. The molecule has 116 valence electrons. The van der Waals surface area contributed by atoms with E-state index >= 15 is 0 Å². The van der Waals surface area contributed by atoms with Crippen molar-refractivity contribution in [3.8, 4) is 0 Å². The molecule has 0 saturated heterocycles. The monoisotopic (exact) mass is 285 g/mol. The van der Waals surface area contributed by atoms with Crippen molar-refractivity contribution in [2.24, 2.45) is 17.8 Å². The highest BCUT2D eigenvalue weighted by atomic mass is 14.9. The van der Waals surface area contributed by atoms with Crippen molar-refractivity contribution in [2.75, 3.05) is 5.32 Å². The third-order valence-corrected chi connectivity index (χ3v) is 5.11. The molecular weight excluding hydrogens is 254 g/mol. The Morgan fingerprint density at radius 2 is 2.14 bits per heavy atom. The average Bonchev–Trinajstić information content (AvgIpc) is 2.89. The maximum Gasteiger partial charge on any atom is 0.0384 e. The smallest absolute Gasteiger partial charge is 0.0384 e. The predicted molar refractivity (Wildman–Crippen MR) is 93.6 cm³/mol. The summed E-state index contributed by atoms with van der Waals surface area (Å²) in [6, 6.07) is 6.76. The van der Waals surface area contributed by atoms with Crippen LogP contribution in [-0.2, 0) is 6.42 Å². The molecule has 1 aliphatic rings. The van der Waals surface area contributed by atoms with E-state index in [-0.39, 0.29) is 0 Å². The van der Waals surface area contributed by atoms with E-state index in [4.69, 9.17) is 0 Å². The summed E-state index contributed by atoms with van der Waals surface area (Å²) in [5.74, 6) is 2.25. The van der Waals surface area contributed by atoms with Gasteiger partial charge in [-0.2, -0.15) is 0 Å². The molecule has 1 heteroatoms. The fourth-order valence-corrected chi connectivity index (χ4v) is 3.30. The van der Waals surface area contributed by atoms with Crippen molar-refractivity contribution in [3.63, 3.8) is 0 Å². The summed E-state index contributed by atoms with van der Waals surface area (Å²) in [6.07, 6.45) is 6.34. The lowest BCUT2D eigenvalue weighted by molar-refractivity contribution is 0.559. The molecule has 0 bridgehead atoms. The van der Waals surface area contributed by atoms with E-state index in [1.807, 2.05) is 0 Å². The van der Waals surface area contributed by atoms with Crippen molar-refractivity contribution in [2.45, 2.75) is 59.8 Å². The number of nitrogens with one attached hydrogen (secondary N) is 1. The average molecular weight is 285 g/mol. The second-order valence-electron chi connectivity index (χ2n) is 7.12. The van der Waals surface area contributed by atoms with E-state index in [1.165, 1.54) is 54.6 Å². The molecule has 3 unspecified atom stereocenters. The van der Waals surface area contributed by atoms with E-state index in [9.17, 15) is 0 Å². The van der Waals surface area contributed by atoms with Gasteiger partial charge in [0.15, 0.2) is 0 Å². The van der Waals surface area contributed by atoms with Crippen LogP contribution in [0.15, 0.2) is 30.5 Å². The van der Waals surface area contributed by atoms with Gasteiger partial charge >= 0.3 is 0 Å². The van der Waals surface area contributed by atoms with Gasteiger partial charge in [0.05, 0.1) is 0 Å². The maximum absolute atomic E-state index is 4.28. The Balaban J connectivity index is 2.03. The van der Waals surface area contributed by atoms with Crippen LogP contribution in [0, 0.1) is 24.7 Å². The standard InChI is InChI=1S/C20H31N/c1-6-14(2)11-19-13-20(10-8-16(19)4)21-17(5)18-9-7-15(3)12-18/h8,10,13-15,18,21H,5-7,9,11-12H2,1-4H3. The number of aryl methyl sites for hydroxylation is 1. The van der Waals surface area contributed by atoms with E-state index in [1.54, 1.807) is 0 Å². The molecule has 1 nitrogen and oxygen atoms in total. The van der Waals surface area contributed by atoms with Gasteiger partial charge < -0.3 is 5.32 Å². The van der Waals surface area contributed by atoms with Crippen molar-refractivity contribution in [1.82, 2.24) is 0 Å². The molecule has 0 spiro atoms. The summed E-state index contributed by atoms with van der Waals surface area (Å²) in [6.45, 7) is 13.5. The first kappa shape index (κ1) is 16.1. The number of benzene rings is 1. The number of rotatable bonds is 6. The van der Waals surface area contributed by atoms with Crippen molar-refractivity contribution in [3.05, 3.63) is 41.6 Å². The Hall–Kier alpha value is -1.24. The highest BCUT2D eigenvalue weighted by Gasteiger charge is 2.23. The van der Waals surface area contributed by atoms with Crippen LogP contribution in [0.3, 0.4) is 0 Å². The van der Waals surface area contributed by atoms with Crippen LogP contribution in [0.2, 0.25) is 0 Å². The first-order valence-corrected chi connectivity index (χ1v) is 8.55. The summed E-state index contributed by atoms with van der Waals surface area (Å²) >= 11 is 0. The molecule has 3 atom stereocenters. The molecule has 0 aliphatic heterocycles. The van der Waals surface area contributed by atoms with Gasteiger partial charge in [-0.1, -0.05) is 46.3 Å². The normalized spacial score (nSPS) is 23.0. The summed E-state index contributed by atoms with van der Waals surface area (Å²) in [7, 11) is 0. The lowest BCUT2D eigenvalue weighted by Gasteiger charge is -2.18. The molecule has 1 aliphatic carbocycles. The van der Waals surface area contributed by atoms with Gasteiger partial charge in [0, 0.05) is 11.4 Å². The van der Waals surface area contributed by atoms with E-state index in [0.29, 0.717) is 5.92 Å². The van der Waals surface area contributed by atoms with Gasteiger partial charge in [-0.15, -0.1) is 0 Å². The van der Waals surface area contributed by atoms with Gasteiger partial charge in [-0.3, -0.25) is 0 Å². The lowest BCUT2D eigenvalue weighted by atomic mass is 9.95. The predicted octanol–water partition coefficient (Wildman–Crippen LogP) is 5.95. The van der Waals surface area contributed by atoms with Crippen LogP contribution in [-0.4, -0.2) is 0 Å². The van der Waals surface area contributed by atoms with Crippen LogP contribution in [0.4, 0.5) is 5.69 Å². The Bertz CT molecular complexity index is 489.